The summed E-state index contributed by atoms with van der Waals surface area (Å²) in [6.07, 6.45) is -4.85. The number of amides is 1. The predicted octanol–water partition coefficient (Wildman–Crippen LogP) is 4.04. The van der Waals surface area contributed by atoms with Crippen molar-refractivity contribution >= 4 is 22.5 Å². The number of ether oxygens (including phenoxy) is 3. The zero-order valence-corrected chi connectivity index (χ0v) is 20.7. The van der Waals surface area contributed by atoms with E-state index in [1.165, 1.54) is 24.3 Å². The van der Waals surface area contributed by atoms with Gasteiger partial charge in [0.15, 0.2) is 11.5 Å². The number of nitrogens with one attached hydrogen (secondary N) is 1. The molecule has 1 amide bonds. The molecule has 2 atom stereocenters. The summed E-state index contributed by atoms with van der Waals surface area (Å²) in [5, 5.41) is 22.6. The van der Waals surface area contributed by atoms with Crippen molar-refractivity contribution < 1.29 is 42.4 Å². The number of aromatic nitrogens is 1. The number of anilines is 1. The van der Waals surface area contributed by atoms with Crippen molar-refractivity contribution in [2.75, 3.05) is 18.5 Å². The first-order valence-corrected chi connectivity index (χ1v) is 11.7. The van der Waals surface area contributed by atoms with E-state index < -0.39 is 36.1 Å². The van der Waals surface area contributed by atoms with Gasteiger partial charge in [-0.1, -0.05) is 20.8 Å². The van der Waals surface area contributed by atoms with Crippen LogP contribution in [0.15, 0.2) is 30.3 Å². The fraction of sp³-hybridized carbons (Fsp3) is 0.423. The highest BCUT2D eigenvalue weighted by molar-refractivity contribution is 6.01. The monoisotopic (exact) mass is 520 g/mol. The van der Waals surface area contributed by atoms with Crippen molar-refractivity contribution in [3.05, 3.63) is 47.4 Å². The number of nitrogens with zero attached hydrogens (tertiary/aromatic N) is 1. The van der Waals surface area contributed by atoms with E-state index in [-0.39, 0.29) is 41.5 Å². The van der Waals surface area contributed by atoms with Crippen molar-refractivity contribution in [2.24, 2.45) is 0 Å². The summed E-state index contributed by atoms with van der Waals surface area (Å²) in [6.45, 7) is 7.01. The third-order valence-electron chi connectivity index (χ3n) is 6.73. The Bertz CT molecular complexity index is 1410. The Kier molecular flexibility index (Phi) is 5.65. The summed E-state index contributed by atoms with van der Waals surface area (Å²) < 4.78 is 58.6. The molecule has 11 heteroatoms. The van der Waals surface area contributed by atoms with E-state index >= 15 is 4.39 Å². The van der Waals surface area contributed by atoms with Gasteiger partial charge in [-0.15, -0.1) is 8.78 Å². The van der Waals surface area contributed by atoms with E-state index in [0.29, 0.717) is 16.5 Å². The number of hydrogen-bond donors (Lipinski definition) is 3. The number of aliphatic hydroxyl groups is 2. The van der Waals surface area contributed by atoms with Crippen LogP contribution in [0.2, 0.25) is 0 Å². The minimum absolute atomic E-state index is 0.0685. The molecule has 0 saturated carbocycles. The lowest BCUT2D eigenvalue weighted by atomic mass is 9.83. The molecule has 0 saturated heterocycles. The number of hydrogen-bond acceptors (Lipinski definition) is 6. The number of carbonyl (C=O) groups excluding carboxylic acids is 1. The number of alkyl halides is 2. The standard InChI is InChI=1S/C26H27F3N2O6/c1-24(2,3)22-6-13-5-17(16(27)8-18(13)31(22)10-14(33)11-32)30-23(34)25(4)12-35-19-9-21-20(7-15(19)25)36-26(28,29)37-21/h5-9,14,32-33H,10-12H2,1-4H3,(H,30,34)/t14-,25+/m1/s1. The molecule has 0 spiro atoms. The number of halogens is 3. The first kappa shape index (κ1) is 25.2. The lowest BCUT2D eigenvalue weighted by Gasteiger charge is -2.23. The third-order valence-corrected chi connectivity index (χ3v) is 6.73. The molecule has 2 aliphatic rings. The van der Waals surface area contributed by atoms with Gasteiger partial charge in [-0.25, -0.2) is 4.39 Å². The summed E-state index contributed by atoms with van der Waals surface area (Å²) in [4.78, 5) is 13.4. The van der Waals surface area contributed by atoms with Crippen molar-refractivity contribution in [2.45, 2.75) is 57.5 Å². The molecule has 2 aromatic carbocycles. The predicted molar refractivity (Wildman–Crippen MR) is 128 cm³/mol. The minimum atomic E-state index is -3.82. The fourth-order valence-electron chi connectivity index (χ4n) is 4.74. The number of aliphatic hydroxyl groups excluding tert-OH is 2. The van der Waals surface area contributed by atoms with Gasteiger partial charge in [0.25, 0.3) is 0 Å². The Hall–Kier alpha value is -3.44. The molecule has 5 rings (SSSR count). The molecular formula is C26H27F3N2O6. The highest BCUT2D eigenvalue weighted by Gasteiger charge is 2.49. The molecule has 198 valence electrons. The Morgan fingerprint density at radius 1 is 1.14 bits per heavy atom. The van der Waals surface area contributed by atoms with Crippen LogP contribution in [-0.2, 0) is 22.2 Å². The van der Waals surface area contributed by atoms with Crippen LogP contribution in [-0.4, -0.2) is 46.3 Å². The largest absolute Gasteiger partial charge is 0.586 e. The van der Waals surface area contributed by atoms with Gasteiger partial charge < -0.3 is 34.3 Å². The second-order valence-electron chi connectivity index (χ2n) is 10.7. The average molecular weight is 521 g/mol. The molecule has 3 heterocycles. The van der Waals surface area contributed by atoms with Gasteiger partial charge in [0.05, 0.1) is 30.5 Å². The van der Waals surface area contributed by atoms with E-state index in [4.69, 9.17) is 4.74 Å². The molecular weight excluding hydrogens is 493 g/mol. The highest BCUT2D eigenvalue weighted by atomic mass is 19.3. The zero-order valence-electron chi connectivity index (χ0n) is 20.7. The maximum atomic E-state index is 15.3. The fourth-order valence-corrected chi connectivity index (χ4v) is 4.74. The van der Waals surface area contributed by atoms with Gasteiger partial charge in [-0.05, 0) is 25.1 Å². The van der Waals surface area contributed by atoms with Gasteiger partial charge in [-0.3, -0.25) is 4.79 Å². The molecule has 37 heavy (non-hydrogen) atoms. The number of fused-ring (bicyclic) bond motifs is 3. The van der Waals surface area contributed by atoms with E-state index in [2.05, 4.69) is 14.8 Å². The molecule has 3 N–H and O–H groups in total. The summed E-state index contributed by atoms with van der Waals surface area (Å²) in [6, 6.07) is 7.14. The summed E-state index contributed by atoms with van der Waals surface area (Å²) in [7, 11) is 0. The Labute approximate surface area is 210 Å². The van der Waals surface area contributed by atoms with Crippen molar-refractivity contribution in [1.82, 2.24) is 4.57 Å². The van der Waals surface area contributed by atoms with Gasteiger partial charge in [0, 0.05) is 34.2 Å². The molecule has 0 unspecified atom stereocenters. The van der Waals surface area contributed by atoms with Gasteiger partial charge >= 0.3 is 6.29 Å². The topological polar surface area (TPSA) is 102 Å². The smallest absolute Gasteiger partial charge is 0.492 e. The van der Waals surface area contributed by atoms with E-state index in [1.54, 1.807) is 11.5 Å². The maximum Gasteiger partial charge on any atom is 0.586 e. The molecule has 3 aromatic rings. The molecule has 8 nitrogen and oxygen atoms in total. The summed E-state index contributed by atoms with van der Waals surface area (Å²) in [5.41, 5.74) is -0.112. The Balaban J connectivity index is 1.48. The Morgan fingerprint density at radius 3 is 2.46 bits per heavy atom. The number of carbonyl (C=O) groups is 1. The molecule has 2 aliphatic heterocycles. The normalized spacial score (nSPS) is 20.6. The van der Waals surface area contributed by atoms with E-state index in [9.17, 15) is 23.8 Å². The van der Waals surface area contributed by atoms with Gasteiger partial charge in [-0.2, -0.15) is 0 Å². The highest BCUT2D eigenvalue weighted by Crippen LogP contribution is 2.50. The summed E-state index contributed by atoms with van der Waals surface area (Å²) in [5.74, 6) is -1.52. The van der Waals surface area contributed by atoms with Crippen LogP contribution in [0.1, 0.15) is 39.0 Å². The van der Waals surface area contributed by atoms with E-state index in [0.717, 1.165) is 5.69 Å². The first-order chi connectivity index (χ1) is 17.2. The molecule has 0 fully saturated rings. The second kappa shape index (κ2) is 8.29. The lowest BCUT2D eigenvalue weighted by Crippen LogP contribution is -2.39. The molecule has 1 aromatic heterocycles. The van der Waals surface area contributed by atoms with Crippen LogP contribution in [0.5, 0.6) is 17.2 Å². The average Bonchev–Trinajstić information content (AvgIpc) is 3.42. The van der Waals surface area contributed by atoms with E-state index in [1.807, 2.05) is 26.8 Å². The SMILES string of the molecule is CC(C)(C)c1cc2cc(NC(=O)[C@@]3(C)COc4cc5c(cc43)OC(F)(F)O5)c(F)cc2n1C[C@@H](O)CO. The summed E-state index contributed by atoms with van der Waals surface area (Å²) >= 11 is 0. The second-order valence-corrected chi connectivity index (χ2v) is 10.7. The van der Waals surface area contributed by atoms with Crippen LogP contribution in [0, 0.1) is 5.82 Å². The van der Waals surface area contributed by atoms with Gasteiger partial charge in [0.1, 0.15) is 23.6 Å². The molecule has 0 aliphatic carbocycles. The van der Waals surface area contributed by atoms with Crippen molar-refractivity contribution in [1.29, 1.82) is 0 Å². The van der Waals surface area contributed by atoms with Crippen molar-refractivity contribution in [3.63, 3.8) is 0 Å². The first-order valence-electron chi connectivity index (χ1n) is 11.7. The number of rotatable bonds is 5. The van der Waals surface area contributed by atoms with Crippen LogP contribution in [0.3, 0.4) is 0 Å². The third kappa shape index (κ3) is 4.25. The van der Waals surface area contributed by atoms with Gasteiger partial charge in [0.2, 0.25) is 5.91 Å². The Morgan fingerprint density at radius 2 is 1.81 bits per heavy atom. The molecule has 0 radical (unpaired) electrons. The van der Waals surface area contributed by atoms with Crippen molar-refractivity contribution in [3.8, 4) is 17.2 Å². The van der Waals surface area contributed by atoms with Crippen LogP contribution in [0.4, 0.5) is 18.9 Å². The molecule has 0 bridgehead atoms. The maximum absolute atomic E-state index is 15.3. The number of benzene rings is 2. The zero-order chi connectivity index (χ0) is 26.9. The van der Waals surface area contributed by atoms with Crippen LogP contribution < -0.4 is 19.5 Å². The quantitative estimate of drug-likeness (QED) is 0.470. The minimum Gasteiger partial charge on any atom is -0.492 e. The van der Waals surface area contributed by atoms with Crippen LogP contribution in [0.25, 0.3) is 10.9 Å². The van der Waals surface area contributed by atoms with Crippen LogP contribution >= 0.6 is 0 Å². The lowest BCUT2D eigenvalue weighted by molar-refractivity contribution is -0.286.